The summed E-state index contributed by atoms with van der Waals surface area (Å²) < 4.78 is 0. The maximum Gasteiger partial charge on any atom is 0.264 e. The van der Waals surface area contributed by atoms with E-state index >= 15 is 0 Å². The van der Waals surface area contributed by atoms with Crippen LogP contribution in [0.4, 0.5) is 5.69 Å². The van der Waals surface area contributed by atoms with Crippen molar-refractivity contribution in [3.05, 3.63) is 98.5 Å². The van der Waals surface area contributed by atoms with Crippen LogP contribution in [0, 0.1) is 13.8 Å². The van der Waals surface area contributed by atoms with Crippen LogP contribution in [-0.4, -0.2) is 16.8 Å². The number of fused-ring (bicyclic) bond motifs is 1. The zero-order chi connectivity index (χ0) is 22.3. The summed E-state index contributed by atoms with van der Waals surface area (Å²) in [6, 6.07) is 17.7. The quantitative estimate of drug-likeness (QED) is 0.510. The van der Waals surface area contributed by atoms with Gasteiger partial charge in [0.25, 0.3) is 5.91 Å². The number of carbonyl (C=O) groups is 2. The molecule has 6 heteroatoms. The summed E-state index contributed by atoms with van der Waals surface area (Å²) in [6.45, 7) is 3.95. The van der Waals surface area contributed by atoms with Gasteiger partial charge in [0, 0.05) is 11.1 Å². The lowest BCUT2D eigenvalue weighted by atomic mass is 9.87. The number of hydrogen-bond donors (Lipinski definition) is 1. The third-order valence-corrected chi connectivity index (χ3v) is 6.41. The Labute approximate surface area is 191 Å². The van der Waals surface area contributed by atoms with Crippen molar-refractivity contribution < 1.29 is 14.7 Å². The second kappa shape index (κ2) is 8.12. The number of rotatable bonds is 5. The molecule has 1 heterocycles. The molecular formula is C25H21Cl2NO3. The molecule has 4 nitrogen and oxygen atoms in total. The van der Waals surface area contributed by atoms with Gasteiger partial charge in [-0.15, -0.1) is 0 Å². The van der Waals surface area contributed by atoms with Gasteiger partial charge in [0.1, 0.15) is 0 Å². The van der Waals surface area contributed by atoms with Crippen molar-refractivity contribution in [1.29, 1.82) is 0 Å². The average Bonchev–Trinajstić information content (AvgIpc) is 2.94. The third-order valence-electron chi connectivity index (χ3n) is 5.67. The highest BCUT2D eigenvalue weighted by atomic mass is 35.5. The Bertz CT molecular complexity index is 1210. The number of Topliss-reactive ketones (excluding diaryl/α,β-unsaturated/α-hetero) is 1. The number of anilines is 1. The number of ketones is 1. The Hall–Kier alpha value is -2.66. The molecule has 0 aromatic heterocycles. The molecule has 3 aromatic rings. The molecule has 0 radical (unpaired) electrons. The average molecular weight is 454 g/mol. The van der Waals surface area contributed by atoms with Crippen LogP contribution in [0.5, 0.6) is 0 Å². The van der Waals surface area contributed by atoms with Gasteiger partial charge in [-0.2, -0.15) is 0 Å². The van der Waals surface area contributed by atoms with Crippen molar-refractivity contribution in [3.63, 3.8) is 0 Å². The number of para-hydroxylation sites is 1. The molecule has 158 valence electrons. The van der Waals surface area contributed by atoms with E-state index < -0.39 is 11.5 Å². The monoisotopic (exact) mass is 453 g/mol. The number of aryl methyl sites for hydroxylation is 2. The van der Waals surface area contributed by atoms with Crippen molar-refractivity contribution in [2.75, 3.05) is 4.90 Å². The molecule has 3 aromatic carbocycles. The predicted octanol–water partition coefficient (Wildman–Crippen LogP) is 5.62. The maximum atomic E-state index is 13.4. The number of aliphatic hydroxyl groups is 1. The fourth-order valence-corrected chi connectivity index (χ4v) is 4.34. The molecule has 0 fully saturated rings. The lowest BCUT2D eigenvalue weighted by molar-refractivity contribution is -0.136. The van der Waals surface area contributed by atoms with Crippen molar-refractivity contribution in [3.8, 4) is 0 Å². The normalized spacial score (nSPS) is 17.7. The minimum Gasteiger partial charge on any atom is -0.375 e. The lowest BCUT2D eigenvalue weighted by Gasteiger charge is -2.23. The van der Waals surface area contributed by atoms with Gasteiger partial charge < -0.3 is 10.0 Å². The molecule has 0 bridgehead atoms. The van der Waals surface area contributed by atoms with Gasteiger partial charge >= 0.3 is 0 Å². The second-order valence-electron chi connectivity index (χ2n) is 7.94. The van der Waals surface area contributed by atoms with E-state index in [0.29, 0.717) is 26.9 Å². The first-order valence-corrected chi connectivity index (χ1v) is 10.6. The van der Waals surface area contributed by atoms with Crippen LogP contribution >= 0.6 is 23.2 Å². The number of benzene rings is 3. The van der Waals surface area contributed by atoms with Crippen LogP contribution in [0.2, 0.25) is 10.0 Å². The molecule has 0 saturated carbocycles. The molecule has 1 atom stereocenters. The number of nitrogens with zero attached hydrogens (tertiary/aromatic N) is 1. The van der Waals surface area contributed by atoms with E-state index in [0.717, 1.165) is 16.7 Å². The van der Waals surface area contributed by atoms with E-state index in [9.17, 15) is 14.7 Å². The van der Waals surface area contributed by atoms with Crippen LogP contribution in [0.1, 0.15) is 39.0 Å². The van der Waals surface area contributed by atoms with Gasteiger partial charge in [0.05, 0.1) is 28.7 Å². The Balaban J connectivity index is 1.70. The van der Waals surface area contributed by atoms with E-state index in [1.165, 1.54) is 4.90 Å². The smallest absolute Gasteiger partial charge is 0.264 e. The summed E-state index contributed by atoms with van der Waals surface area (Å²) in [5, 5.41) is 12.3. The first-order valence-electron chi connectivity index (χ1n) is 9.89. The Morgan fingerprint density at radius 2 is 1.74 bits per heavy atom. The summed E-state index contributed by atoms with van der Waals surface area (Å²) in [7, 11) is 0. The molecule has 1 amide bonds. The largest absolute Gasteiger partial charge is 0.375 e. The molecule has 1 N–H and O–H groups in total. The van der Waals surface area contributed by atoms with Gasteiger partial charge in [0.2, 0.25) is 0 Å². The number of amides is 1. The highest BCUT2D eigenvalue weighted by Crippen LogP contribution is 2.43. The molecule has 0 saturated heterocycles. The minimum atomic E-state index is -1.93. The summed E-state index contributed by atoms with van der Waals surface area (Å²) >= 11 is 12.1. The zero-order valence-corrected chi connectivity index (χ0v) is 18.7. The number of hydrogen-bond acceptors (Lipinski definition) is 3. The molecule has 0 aliphatic carbocycles. The van der Waals surface area contributed by atoms with Crippen LogP contribution in [0.3, 0.4) is 0 Å². The molecule has 0 spiro atoms. The fourth-order valence-electron chi connectivity index (χ4n) is 4.02. The number of carbonyl (C=O) groups excluding carboxylic acids is 2. The van der Waals surface area contributed by atoms with E-state index in [2.05, 4.69) is 0 Å². The van der Waals surface area contributed by atoms with Crippen molar-refractivity contribution in [1.82, 2.24) is 0 Å². The molecular weight excluding hydrogens is 433 g/mol. The first-order chi connectivity index (χ1) is 14.7. The molecule has 1 aliphatic heterocycles. The highest BCUT2D eigenvalue weighted by molar-refractivity contribution is 6.42. The molecule has 31 heavy (non-hydrogen) atoms. The van der Waals surface area contributed by atoms with Gasteiger partial charge in [-0.3, -0.25) is 9.59 Å². The van der Waals surface area contributed by atoms with Gasteiger partial charge in [-0.1, -0.05) is 65.2 Å². The van der Waals surface area contributed by atoms with E-state index in [-0.39, 0.29) is 18.7 Å². The number of halogens is 2. The lowest BCUT2D eigenvalue weighted by Crippen LogP contribution is -2.41. The minimum absolute atomic E-state index is 0.201. The third kappa shape index (κ3) is 3.87. The standard InChI is InChI=1S/C25H21Cl2NO3/c1-15-7-8-16(2)18(11-15)23(29)13-25(31)19-5-3-4-6-22(19)28(24(25)30)14-17-9-10-20(26)21(27)12-17/h3-12,31H,13-14H2,1-2H3. The summed E-state index contributed by atoms with van der Waals surface area (Å²) in [5.41, 5.74) is 2.11. The van der Waals surface area contributed by atoms with Crippen LogP contribution in [0.25, 0.3) is 0 Å². The topological polar surface area (TPSA) is 57.6 Å². The zero-order valence-electron chi connectivity index (χ0n) is 17.2. The highest BCUT2D eigenvalue weighted by Gasteiger charge is 2.50. The second-order valence-corrected chi connectivity index (χ2v) is 8.75. The van der Waals surface area contributed by atoms with E-state index in [4.69, 9.17) is 23.2 Å². The predicted molar refractivity (Wildman–Crippen MR) is 123 cm³/mol. The van der Waals surface area contributed by atoms with Crippen molar-refractivity contribution in [2.24, 2.45) is 0 Å². The van der Waals surface area contributed by atoms with Crippen LogP contribution in [0.15, 0.2) is 60.7 Å². The summed E-state index contributed by atoms with van der Waals surface area (Å²) in [6.07, 6.45) is -0.328. The molecule has 4 rings (SSSR count). The van der Waals surface area contributed by atoms with Crippen molar-refractivity contribution in [2.45, 2.75) is 32.4 Å². The molecule has 1 aliphatic rings. The van der Waals surface area contributed by atoms with E-state index in [1.807, 2.05) is 26.0 Å². The Morgan fingerprint density at radius 3 is 2.48 bits per heavy atom. The SMILES string of the molecule is Cc1ccc(C)c(C(=O)CC2(O)C(=O)N(Cc3ccc(Cl)c(Cl)c3)c3ccccc32)c1. The van der Waals surface area contributed by atoms with Gasteiger partial charge in [-0.05, 0) is 49.2 Å². The first kappa shape index (κ1) is 21.6. The summed E-state index contributed by atoms with van der Waals surface area (Å²) in [5.74, 6) is -0.804. The van der Waals surface area contributed by atoms with Crippen LogP contribution < -0.4 is 4.90 Å². The Kier molecular flexibility index (Phi) is 5.65. The van der Waals surface area contributed by atoms with Crippen molar-refractivity contribution >= 4 is 40.6 Å². The van der Waals surface area contributed by atoms with Gasteiger partial charge in [0.15, 0.2) is 11.4 Å². The molecule has 1 unspecified atom stereocenters. The van der Waals surface area contributed by atoms with Gasteiger partial charge in [-0.25, -0.2) is 0 Å². The van der Waals surface area contributed by atoms with Crippen LogP contribution in [-0.2, 0) is 16.9 Å². The van der Waals surface area contributed by atoms with E-state index in [1.54, 1.807) is 48.5 Å². The Morgan fingerprint density at radius 1 is 1.00 bits per heavy atom. The maximum absolute atomic E-state index is 13.4. The summed E-state index contributed by atoms with van der Waals surface area (Å²) in [4.78, 5) is 28.0. The fraction of sp³-hybridized carbons (Fsp3) is 0.200.